The molecule has 7 heteroatoms. The lowest BCUT2D eigenvalue weighted by Crippen LogP contribution is -2.35. The summed E-state index contributed by atoms with van der Waals surface area (Å²) >= 11 is 0. The number of nitrogens with one attached hydrogen (secondary N) is 2. The van der Waals surface area contributed by atoms with Crippen LogP contribution in [-0.2, 0) is 22.6 Å². The molecule has 4 rings (SSSR count). The van der Waals surface area contributed by atoms with Crippen LogP contribution < -0.4 is 10.6 Å². The summed E-state index contributed by atoms with van der Waals surface area (Å²) < 4.78 is 18.4. The van der Waals surface area contributed by atoms with Crippen molar-refractivity contribution >= 4 is 23.4 Å². The molecule has 6 nitrogen and oxygen atoms in total. The number of carbonyl (C=O) groups is 2. The van der Waals surface area contributed by atoms with E-state index in [9.17, 15) is 14.0 Å². The van der Waals surface area contributed by atoms with Gasteiger partial charge >= 0.3 is 6.09 Å². The highest BCUT2D eigenvalue weighted by Crippen LogP contribution is 2.32. The predicted molar refractivity (Wildman–Crippen MR) is 134 cm³/mol. The first-order valence-corrected chi connectivity index (χ1v) is 11.7. The molecular formula is C28H28FN3O3. The summed E-state index contributed by atoms with van der Waals surface area (Å²) in [5.74, 6) is -0.297. The number of halogens is 1. The zero-order valence-corrected chi connectivity index (χ0v) is 19.6. The van der Waals surface area contributed by atoms with E-state index in [2.05, 4.69) is 15.6 Å². The molecule has 0 unspecified atom stereocenters. The van der Waals surface area contributed by atoms with E-state index in [1.165, 1.54) is 12.1 Å². The number of hydrogen-bond acceptors (Lipinski definition) is 4. The van der Waals surface area contributed by atoms with Crippen molar-refractivity contribution in [3.63, 3.8) is 0 Å². The van der Waals surface area contributed by atoms with Crippen molar-refractivity contribution in [3.8, 4) is 11.1 Å². The predicted octanol–water partition coefficient (Wildman–Crippen LogP) is 5.19. The molecule has 180 valence electrons. The van der Waals surface area contributed by atoms with Gasteiger partial charge in [0.25, 0.3) is 5.91 Å². The summed E-state index contributed by atoms with van der Waals surface area (Å²) in [6, 6.07) is 21.6. The highest BCUT2D eigenvalue weighted by Gasteiger charge is 2.21. The third-order valence-electron chi connectivity index (χ3n) is 5.87. The zero-order chi connectivity index (χ0) is 24.6. The minimum Gasteiger partial charge on any atom is -0.445 e. The van der Waals surface area contributed by atoms with E-state index in [4.69, 9.17) is 4.74 Å². The van der Waals surface area contributed by atoms with Gasteiger partial charge in [0.1, 0.15) is 18.1 Å². The average Bonchev–Trinajstić information content (AvgIpc) is 3.31. The smallest absolute Gasteiger partial charge is 0.407 e. The molecule has 0 radical (unpaired) electrons. The molecule has 0 fully saturated rings. The fraction of sp³-hybridized carbons (Fsp3) is 0.250. The molecule has 0 aliphatic carbocycles. The van der Waals surface area contributed by atoms with Crippen LogP contribution in [0.3, 0.4) is 0 Å². The Balaban J connectivity index is 1.19. The monoisotopic (exact) mass is 473 g/mol. The quantitative estimate of drug-likeness (QED) is 0.449. The number of benzene rings is 3. The molecule has 0 saturated heterocycles. The van der Waals surface area contributed by atoms with Crippen LogP contribution >= 0.6 is 0 Å². The largest absolute Gasteiger partial charge is 0.445 e. The van der Waals surface area contributed by atoms with Crippen molar-refractivity contribution in [3.05, 3.63) is 89.7 Å². The van der Waals surface area contributed by atoms with Crippen molar-refractivity contribution in [2.24, 2.45) is 10.9 Å². The number of alkyl carbamates (subject to hydrolysis) is 1. The van der Waals surface area contributed by atoms with Crippen LogP contribution in [0.15, 0.2) is 77.8 Å². The fourth-order valence-corrected chi connectivity index (χ4v) is 3.80. The molecule has 0 spiro atoms. The maximum Gasteiger partial charge on any atom is 0.407 e. The van der Waals surface area contributed by atoms with E-state index in [0.29, 0.717) is 31.6 Å². The number of hydrogen-bond donors (Lipinski definition) is 2. The normalized spacial score (nSPS) is 12.9. The lowest BCUT2D eigenvalue weighted by atomic mass is 10.0. The minimum absolute atomic E-state index is 0.169. The molecule has 2 amide bonds. The van der Waals surface area contributed by atoms with Crippen LogP contribution in [-0.4, -0.2) is 30.8 Å². The van der Waals surface area contributed by atoms with Gasteiger partial charge in [0.05, 0.1) is 5.69 Å². The maximum absolute atomic E-state index is 13.2. The number of fused-ring (bicyclic) bond motifs is 1. The number of aliphatic imine (C=N–C) groups is 1. The minimum atomic E-state index is -0.455. The molecule has 1 atom stereocenters. The average molecular weight is 474 g/mol. The number of nitrogens with zero attached hydrogens (tertiary/aromatic N) is 1. The lowest BCUT2D eigenvalue weighted by Gasteiger charge is -2.13. The Hall–Kier alpha value is -4.00. The first-order valence-electron chi connectivity index (χ1n) is 11.7. The van der Waals surface area contributed by atoms with Crippen molar-refractivity contribution in [2.45, 2.75) is 26.4 Å². The van der Waals surface area contributed by atoms with E-state index >= 15 is 0 Å². The Labute approximate surface area is 204 Å². The third-order valence-corrected chi connectivity index (χ3v) is 5.87. The second-order valence-corrected chi connectivity index (χ2v) is 8.68. The Kier molecular flexibility index (Phi) is 7.88. The number of amides is 2. The zero-order valence-electron chi connectivity index (χ0n) is 19.6. The van der Waals surface area contributed by atoms with E-state index in [1.54, 1.807) is 12.1 Å². The molecule has 2 N–H and O–H groups in total. The van der Waals surface area contributed by atoms with Gasteiger partial charge in [0.15, 0.2) is 0 Å². The SMILES string of the molecule is C[C@@H](CCNC(=O)OCc1ccccc1)CNC(=O)C1=Nc2cc(-c3ccc(F)cc3)ccc2C1. The molecular weight excluding hydrogens is 445 g/mol. The first-order chi connectivity index (χ1) is 17.0. The summed E-state index contributed by atoms with van der Waals surface area (Å²) in [5.41, 5.74) is 5.00. The third kappa shape index (κ3) is 6.76. The summed E-state index contributed by atoms with van der Waals surface area (Å²) in [6.07, 6.45) is 0.728. The van der Waals surface area contributed by atoms with Gasteiger partial charge in [-0.15, -0.1) is 0 Å². The Bertz CT molecular complexity index is 1210. The van der Waals surface area contributed by atoms with Gasteiger partial charge in [0, 0.05) is 19.5 Å². The molecule has 0 aromatic heterocycles. The van der Waals surface area contributed by atoms with Gasteiger partial charge in [-0.05, 0) is 52.8 Å². The number of rotatable bonds is 9. The van der Waals surface area contributed by atoms with E-state index < -0.39 is 6.09 Å². The number of carbonyl (C=O) groups excluding carboxylic acids is 2. The van der Waals surface area contributed by atoms with Gasteiger partial charge in [-0.2, -0.15) is 0 Å². The standard InChI is InChI=1S/C28H28FN3O3/c1-19(13-14-30-28(34)35-18-20-5-3-2-4-6-20)17-31-27(33)26-16-23-8-7-22(15-25(23)32-26)21-9-11-24(29)12-10-21/h2-12,15,19H,13-14,16-18H2,1H3,(H,30,34)(H,31,33)/t19-/m0/s1. The van der Waals surface area contributed by atoms with Crippen LogP contribution in [0.4, 0.5) is 14.9 Å². The lowest BCUT2D eigenvalue weighted by molar-refractivity contribution is -0.115. The van der Waals surface area contributed by atoms with Crippen LogP contribution in [0, 0.1) is 11.7 Å². The number of ether oxygens (including phenoxy) is 1. The van der Waals surface area contributed by atoms with Crippen molar-refractivity contribution in [1.82, 2.24) is 10.6 Å². The molecule has 1 aliphatic heterocycles. The summed E-state index contributed by atoms with van der Waals surface area (Å²) in [5, 5.41) is 5.68. The van der Waals surface area contributed by atoms with Crippen LogP contribution in [0.25, 0.3) is 11.1 Å². The summed E-state index contributed by atoms with van der Waals surface area (Å²) in [4.78, 5) is 29.0. The van der Waals surface area contributed by atoms with Crippen LogP contribution in [0.2, 0.25) is 0 Å². The molecule has 1 aliphatic rings. The molecule has 0 bridgehead atoms. The maximum atomic E-state index is 13.2. The molecule has 3 aromatic carbocycles. The van der Waals surface area contributed by atoms with Gasteiger partial charge in [-0.3, -0.25) is 4.79 Å². The second kappa shape index (κ2) is 11.4. The van der Waals surface area contributed by atoms with E-state index in [1.807, 2.05) is 55.5 Å². The van der Waals surface area contributed by atoms with Crippen molar-refractivity contribution < 1.29 is 18.7 Å². The van der Waals surface area contributed by atoms with Crippen LogP contribution in [0.5, 0.6) is 0 Å². The van der Waals surface area contributed by atoms with Crippen LogP contribution in [0.1, 0.15) is 24.5 Å². The topological polar surface area (TPSA) is 79.8 Å². The Morgan fingerprint density at radius 1 is 1.00 bits per heavy atom. The van der Waals surface area contributed by atoms with Gasteiger partial charge < -0.3 is 15.4 Å². The second-order valence-electron chi connectivity index (χ2n) is 8.68. The van der Waals surface area contributed by atoms with Crippen molar-refractivity contribution in [1.29, 1.82) is 0 Å². The fourth-order valence-electron chi connectivity index (χ4n) is 3.80. The highest BCUT2D eigenvalue weighted by atomic mass is 19.1. The molecule has 35 heavy (non-hydrogen) atoms. The van der Waals surface area contributed by atoms with Gasteiger partial charge in [-0.1, -0.05) is 61.5 Å². The van der Waals surface area contributed by atoms with E-state index in [0.717, 1.165) is 27.9 Å². The summed E-state index contributed by atoms with van der Waals surface area (Å²) in [6.45, 7) is 3.19. The summed E-state index contributed by atoms with van der Waals surface area (Å²) in [7, 11) is 0. The Morgan fingerprint density at radius 2 is 1.74 bits per heavy atom. The van der Waals surface area contributed by atoms with E-state index in [-0.39, 0.29) is 24.2 Å². The van der Waals surface area contributed by atoms with Crippen molar-refractivity contribution in [2.75, 3.05) is 13.1 Å². The molecule has 1 heterocycles. The van der Waals surface area contributed by atoms with Gasteiger partial charge in [0.2, 0.25) is 0 Å². The first kappa shape index (κ1) is 24.1. The Morgan fingerprint density at radius 3 is 2.51 bits per heavy atom. The van der Waals surface area contributed by atoms with Gasteiger partial charge in [-0.25, -0.2) is 14.2 Å². The molecule has 0 saturated carbocycles. The highest BCUT2D eigenvalue weighted by molar-refractivity contribution is 6.40. The molecule has 3 aromatic rings.